The fourth-order valence-corrected chi connectivity index (χ4v) is 2.71. The summed E-state index contributed by atoms with van der Waals surface area (Å²) in [5.74, 6) is 0.741. The van der Waals surface area contributed by atoms with Crippen molar-refractivity contribution in [1.29, 1.82) is 0 Å². The molecule has 4 unspecified atom stereocenters. The lowest BCUT2D eigenvalue weighted by Gasteiger charge is -2.31. The Morgan fingerprint density at radius 2 is 2.33 bits per heavy atom. The van der Waals surface area contributed by atoms with Crippen LogP contribution in [0.4, 0.5) is 0 Å². The smallest absolute Gasteiger partial charge is 0.334 e. The highest BCUT2D eigenvalue weighted by Crippen LogP contribution is 2.33. The molecule has 1 N–H and O–H groups in total. The van der Waals surface area contributed by atoms with Gasteiger partial charge in [-0.15, -0.1) is 0 Å². The number of aliphatic hydroxyl groups is 1. The van der Waals surface area contributed by atoms with Gasteiger partial charge in [0.2, 0.25) is 0 Å². The number of hydrogen-bond donors (Lipinski definition) is 1. The summed E-state index contributed by atoms with van der Waals surface area (Å²) in [7, 11) is 0. The highest BCUT2D eigenvalue weighted by Gasteiger charge is 2.29. The van der Waals surface area contributed by atoms with Crippen LogP contribution in [0.25, 0.3) is 0 Å². The van der Waals surface area contributed by atoms with Crippen molar-refractivity contribution >= 4 is 5.97 Å². The molecule has 0 amide bonds. The monoisotopic (exact) mass is 250 g/mol. The minimum absolute atomic E-state index is 0.0664. The van der Waals surface area contributed by atoms with Gasteiger partial charge in [0.25, 0.3) is 0 Å². The van der Waals surface area contributed by atoms with E-state index in [2.05, 4.69) is 13.0 Å². The maximum absolute atomic E-state index is 11.3. The van der Waals surface area contributed by atoms with Crippen molar-refractivity contribution in [3.05, 3.63) is 23.8 Å². The Morgan fingerprint density at radius 3 is 2.83 bits per heavy atom. The lowest BCUT2D eigenvalue weighted by molar-refractivity contribution is -0.140. The molecule has 1 heterocycles. The van der Waals surface area contributed by atoms with Gasteiger partial charge in [-0.25, -0.2) is 4.79 Å². The van der Waals surface area contributed by atoms with Crippen LogP contribution in [-0.2, 0) is 9.53 Å². The van der Waals surface area contributed by atoms with Crippen molar-refractivity contribution in [3.63, 3.8) is 0 Å². The average molecular weight is 250 g/mol. The van der Waals surface area contributed by atoms with E-state index in [-0.39, 0.29) is 12.1 Å². The third kappa shape index (κ3) is 3.02. The Labute approximate surface area is 109 Å². The van der Waals surface area contributed by atoms with Gasteiger partial charge in [0.05, 0.1) is 5.60 Å². The fraction of sp³-hybridized carbons (Fsp3) is 0.667. The van der Waals surface area contributed by atoms with Gasteiger partial charge < -0.3 is 9.84 Å². The number of hydrogen-bond acceptors (Lipinski definition) is 3. The van der Waals surface area contributed by atoms with Crippen LogP contribution in [-0.4, -0.2) is 22.8 Å². The highest BCUT2D eigenvalue weighted by atomic mass is 16.5. The molecule has 3 nitrogen and oxygen atoms in total. The van der Waals surface area contributed by atoms with Gasteiger partial charge in [-0.05, 0) is 51.0 Å². The van der Waals surface area contributed by atoms with Gasteiger partial charge in [0.1, 0.15) is 6.10 Å². The Balaban J connectivity index is 1.90. The van der Waals surface area contributed by atoms with Crippen LogP contribution in [0, 0.1) is 11.8 Å². The van der Waals surface area contributed by atoms with Crippen molar-refractivity contribution in [1.82, 2.24) is 0 Å². The lowest BCUT2D eigenvalue weighted by Crippen LogP contribution is -2.28. The molecular weight excluding hydrogens is 228 g/mol. The second-order valence-corrected chi connectivity index (χ2v) is 5.93. The molecule has 0 fully saturated rings. The minimum atomic E-state index is -0.646. The summed E-state index contributed by atoms with van der Waals surface area (Å²) >= 11 is 0. The summed E-state index contributed by atoms with van der Waals surface area (Å²) in [6.07, 6.45) is 8.53. The first kappa shape index (κ1) is 13.3. The van der Waals surface area contributed by atoms with Crippen LogP contribution in [0.1, 0.15) is 40.0 Å². The van der Waals surface area contributed by atoms with Crippen LogP contribution in [0.15, 0.2) is 23.8 Å². The molecule has 1 aliphatic carbocycles. The minimum Gasteiger partial charge on any atom is -0.455 e. The topological polar surface area (TPSA) is 46.5 Å². The summed E-state index contributed by atoms with van der Waals surface area (Å²) in [6.45, 7) is 5.82. The molecule has 0 spiro atoms. The number of esters is 1. The van der Waals surface area contributed by atoms with Crippen LogP contribution < -0.4 is 0 Å². The largest absolute Gasteiger partial charge is 0.455 e. The van der Waals surface area contributed by atoms with E-state index in [0.717, 1.165) is 19.3 Å². The van der Waals surface area contributed by atoms with Crippen molar-refractivity contribution < 1.29 is 14.6 Å². The van der Waals surface area contributed by atoms with E-state index >= 15 is 0 Å². The number of carbonyl (C=O) groups excluding carboxylic acids is 1. The number of cyclic esters (lactones) is 1. The lowest BCUT2D eigenvalue weighted by atomic mass is 9.78. The number of allylic oxidation sites excluding steroid dienone is 1. The average Bonchev–Trinajstić information content (AvgIpc) is 2.57. The van der Waals surface area contributed by atoms with Gasteiger partial charge in [0.15, 0.2) is 0 Å². The molecular formula is C15H22O3. The quantitative estimate of drug-likeness (QED) is 0.618. The van der Waals surface area contributed by atoms with E-state index in [1.165, 1.54) is 0 Å². The van der Waals surface area contributed by atoms with Crippen LogP contribution in [0.5, 0.6) is 0 Å². The predicted molar refractivity (Wildman–Crippen MR) is 69.9 cm³/mol. The van der Waals surface area contributed by atoms with Crippen LogP contribution >= 0.6 is 0 Å². The molecule has 2 aliphatic rings. The molecule has 0 aromatic carbocycles. The molecule has 1 aliphatic heterocycles. The van der Waals surface area contributed by atoms with Gasteiger partial charge in [-0.2, -0.15) is 0 Å². The molecule has 0 saturated carbocycles. The molecule has 2 rings (SSSR count). The molecule has 0 saturated heterocycles. The van der Waals surface area contributed by atoms with Crippen LogP contribution in [0.2, 0.25) is 0 Å². The third-order valence-electron chi connectivity index (χ3n) is 4.04. The number of carbonyl (C=O) groups is 1. The van der Waals surface area contributed by atoms with Gasteiger partial charge in [0, 0.05) is 5.57 Å². The first-order chi connectivity index (χ1) is 8.37. The van der Waals surface area contributed by atoms with E-state index in [4.69, 9.17) is 4.74 Å². The van der Waals surface area contributed by atoms with Crippen molar-refractivity contribution in [3.8, 4) is 0 Å². The van der Waals surface area contributed by atoms with E-state index in [9.17, 15) is 9.90 Å². The van der Waals surface area contributed by atoms with Crippen molar-refractivity contribution in [2.24, 2.45) is 11.8 Å². The van der Waals surface area contributed by atoms with Crippen molar-refractivity contribution in [2.75, 3.05) is 0 Å². The second kappa shape index (κ2) is 4.88. The molecule has 0 aromatic heterocycles. The Kier molecular flexibility index (Phi) is 3.62. The van der Waals surface area contributed by atoms with Gasteiger partial charge >= 0.3 is 5.97 Å². The van der Waals surface area contributed by atoms with Crippen LogP contribution in [0.3, 0.4) is 0 Å². The first-order valence-electron chi connectivity index (χ1n) is 6.68. The first-order valence-corrected chi connectivity index (χ1v) is 6.68. The summed E-state index contributed by atoms with van der Waals surface area (Å²) < 4.78 is 5.27. The fourth-order valence-electron chi connectivity index (χ4n) is 2.71. The molecule has 4 atom stereocenters. The highest BCUT2D eigenvalue weighted by molar-refractivity contribution is 5.90. The van der Waals surface area contributed by atoms with E-state index < -0.39 is 5.60 Å². The molecule has 18 heavy (non-hydrogen) atoms. The summed E-state index contributed by atoms with van der Waals surface area (Å²) in [5.41, 5.74) is 0.0707. The molecule has 0 aromatic rings. The number of ether oxygens (including phenoxy) is 1. The Bertz CT molecular complexity index is 393. The third-order valence-corrected chi connectivity index (χ3v) is 4.04. The van der Waals surface area contributed by atoms with Crippen molar-refractivity contribution in [2.45, 2.75) is 51.7 Å². The molecule has 0 bridgehead atoms. The Morgan fingerprint density at radius 1 is 1.61 bits per heavy atom. The second-order valence-electron chi connectivity index (χ2n) is 5.93. The maximum atomic E-state index is 11.3. The van der Waals surface area contributed by atoms with Gasteiger partial charge in [-0.1, -0.05) is 19.1 Å². The summed E-state index contributed by atoms with van der Waals surface area (Å²) in [4.78, 5) is 11.3. The van der Waals surface area contributed by atoms with E-state index in [1.807, 2.05) is 19.1 Å². The Hall–Kier alpha value is -1.09. The molecule has 0 radical (unpaired) electrons. The van der Waals surface area contributed by atoms with E-state index in [0.29, 0.717) is 17.4 Å². The normalized spacial score (nSPS) is 37.3. The standard InChI is InChI=1S/C15H22O3/c1-10(8-13-9-11(2)14(16)18-13)12-4-6-15(3,17)7-5-12/h4,6,9-10,12-13,17H,5,7-8H2,1-3H3. The summed E-state index contributed by atoms with van der Waals surface area (Å²) in [5, 5.41) is 9.86. The summed E-state index contributed by atoms with van der Waals surface area (Å²) in [6, 6.07) is 0. The molecule has 100 valence electrons. The predicted octanol–water partition coefficient (Wildman–Crippen LogP) is 2.60. The zero-order valence-corrected chi connectivity index (χ0v) is 11.3. The van der Waals surface area contributed by atoms with E-state index in [1.54, 1.807) is 6.92 Å². The molecule has 3 heteroatoms. The SMILES string of the molecule is CC1=CC(CC(C)C2C=CC(C)(O)CC2)OC1=O. The zero-order valence-electron chi connectivity index (χ0n) is 11.3. The van der Waals surface area contributed by atoms with Gasteiger partial charge in [-0.3, -0.25) is 0 Å². The maximum Gasteiger partial charge on any atom is 0.334 e. The number of rotatable bonds is 3. The zero-order chi connectivity index (χ0) is 13.3.